The Hall–Kier alpha value is -1.58. The molecule has 0 spiro atoms. The van der Waals surface area contributed by atoms with Crippen LogP contribution in [0.25, 0.3) is 6.08 Å². The fourth-order valence-corrected chi connectivity index (χ4v) is 1.86. The van der Waals surface area contributed by atoms with E-state index in [2.05, 4.69) is 0 Å². The van der Waals surface area contributed by atoms with E-state index < -0.39 is 0 Å². The minimum absolute atomic E-state index is 0.295. The Balaban J connectivity index is 2.27. The highest BCUT2D eigenvalue weighted by Gasteiger charge is 2.33. The molecule has 0 fully saturated rings. The van der Waals surface area contributed by atoms with Gasteiger partial charge in [0.2, 0.25) is 0 Å². The number of hydrogen-bond donors (Lipinski definition) is 0. The van der Waals surface area contributed by atoms with Crippen LogP contribution in [0.4, 0.5) is 0 Å². The molecule has 1 unspecified atom stereocenters. The van der Waals surface area contributed by atoms with E-state index in [1.807, 2.05) is 42.5 Å². The summed E-state index contributed by atoms with van der Waals surface area (Å²) in [5.41, 5.74) is 2.02. The lowest BCUT2D eigenvalue weighted by Gasteiger charge is -2.08. The number of hydrogen-bond acceptors (Lipinski definition) is 2. The van der Waals surface area contributed by atoms with Crippen LogP contribution in [0.1, 0.15) is 17.2 Å². The van der Waals surface area contributed by atoms with Gasteiger partial charge in [0.1, 0.15) is 6.04 Å². The molecular formula is C11H8NO2. The zero-order valence-corrected chi connectivity index (χ0v) is 7.38. The summed E-state index contributed by atoms with van der Waals surface area (Å²) in [5.74, 6) is 0.665. The second kappa shape index (κ2) is 2.70. The molecule has 2 aliphatic rings. The third-order valence-electron chi connectivity index (χ3n) is 2.49. The smallest absolute Gasteiger partial charge is 0.156 e. The first kappa shape index (κ1) is 7.79. The van der Waals surface area contributed by atoms with Crippen LogP contribution in [0.15, 0.2) is 36.4 Å². The van der Waals surface area contributed by atoms with E-state index in [-0.39, 0.29) is 6.04 Å². The summed E-state index contributed by atoms with van der Waals surface area (Å²) < 4.78 is 0. The van der Waals surface area contributed by atoms with Crippen LogP contribution in [0.2, 0.25) is 0 Å². The quantitative estimate of drug-likeness (QED) is 0.622. The first-order valence-corrected chi connectivity index (χ1v) is 4.48. The first-order chi connectivity index (χ1) is 6.86. The molecule has 0 bridgehead atoms. The molecule has 1 heterocycles. The van der Waals surface area contributed by atoms with Crippen LogP contribution in [-0.4, -0.2) is 5.23 Å². The molecular weight excluding hydrogens is 178 g/mol. The summed E-state index contributed by atoms with van der Waals surface area (Å²) in [4.78, 5) is 5.08. The van der Waals surface area contributed by atoms with Gasteiger partial charge in [0, 0.05) is 10.8 Å². The van der Waals surface area contributed by atoms with Gasteiger partial charge in [0.25, 0.3) is 0 Å². The fourth-order valence-electron chi connectivity index (χ4n) is 1.86. The van der Waals surface area contributed by atoms with Crippen LogP contribution < -0.4 is 4.84 Å². The summed E-state index contributed by atoms with van der Waals surface area (Å²) in [5, 5.41) is 12.1. The van der Waals surface area contributed by atoms with E-state index in [4.69, 9.17) is 4.84 Å². The first-order valence-electron chi connectivity index (χ1n) is 4.48. The molecule has 1 radical (unpaired) electrons. The SMILES string of the molecule is [O]N1Oc2cccc3c2C1C=CC=C3. The number of nitrogens with zero attached hydrogens (tertiary/aromatic N) is 1. The molecule has 1 aromatic carbocycles. The van der Waals surface area contributed by atoms with Gasteiger partial charge in [-0.1, -0.05) is 41.6 Å². The Labute approximate surface area is 81.4 Å². The van der Waals surface area contributed by atoms with E-state index >= 15 is 0 Å². The highest BCUT2D eigenvalue weighted by atomic mass is 16.9. The standard InChI is InChI=1S/C11H8NO2/c13-12-9-6-2-1-4-8-5-3-7-10(14-12)11(8)9/h1-7,9H. The Bertz CT molecular complexity index is 437. The summed E-state index contributed by atoms with van der Waals surface area (Å²) in [6.45, 7) is 0. The summed E-state index contributed by atoms with van der Waals surface area (Å²) in [7, 11) is 0. The zero-order valence-electron chi connectivity index (χ0n) is 7.38. The maximum Gasteiger partial charge on any atom is 0.156 e. The number of benzene rings is 1. The van der Waals surface area contributed by atoms with Crippen molar-refractivity contribution in [3.8, 4) is 5.75 Å². The zero-order chi connectivity index (χ0) is 9.54. The van der Waals surface area contributed by atoms with Crippen molar-refractivity contribution in [2.45, 2.75) is 6.04 Å². The number of hydroxylamine groups is 2. The fraction of sp³-hybridized carbons (Fsp3) is 0.0909. The highest BCUT2D eigenvalue weighted by molar-refractivity contribution is 5.63. The second-order valence-electron chi connectivity index (χ2n) is 3.32. The van der Waals surface area contributed by atoms with Crippen molar-refractivity contribution in [1.82, 2.24) is 5.23 Å². The molecule has 69 valence electrons. The molecule has 1 aromatic rings. The minimum atomic E-state index is -0.295. The molecule has 14 heavy (non-hydrogen) atoms. The monoisotopic (exact) mass is 186 g/mol. The minimum Gasteiger partial charge on any atom is -0.377 e. The normalized spacial score (nSPS) is 23.1. The topological polar surface area (TPSA) is 32.4 Å². The molecule has 3 nitrogen and oxygen atoms in total. The van der Waals surface area contributed by atoms with Crippen LogP contribution >= 0.6 is 0 Å². The average molecular weight is 186 g/mol. The van der Waals surface area contributed by atoms with E-state index in [0.29, 0.717) is 11.0 Å². The summed E-state index contributed by atoms with van der Waals surface area (Å²) in [6, 6.07) is 5.39. The van der Waals surface area contributed by atoms with Gasteiger partial charge < -0.3 is 4.84 Å². The van der Waals surface area contributed by atoms with Crippen molar-refractivity contribution >= 4 is 6.08 Å². The van der Waals surface area contributed by atoms with Gasteiger partial charge in [0.15, 0.2) is 5.75 Å². The second-order valence-corrected chi connectivity index (χ2v) is 3.32. The largest absolute Gasteiger partial charge is 0.377 e. The lowest BCUT2D eigenvalue weighted by molar-refractivity contribution is -0.329. The summed E-state index contributed by atoms with van der Waals surface area (Å²) >= 11 is 0. The van der Waals surface area contributed by atoms with Crippen molar-refractivity contribution in [1.29, 1.82) is 0 Å². The van der Waals surface area contributed by atoms with E-state index in [1.54, 1.807) is 0 Å². The van der Waals surface area contributed by atoms with Gasteiger partial charge in [0.05, 0.1) is 0 Å². The van der Waals surface area contributed by atoms with Crippen molar-refractivity contribution in [2.75, 3.05) is 0 Å². The lowest BCUT2D eigenvalue weighted by atomic mass is 10.0. The number of rotatable bonds is 0. The Morgan fingerprint density at radius 2 is 2.21 bits per heavy atom. The van der Waals surface area contributed by atoms with Crippen LogP contribution in [0.3, 0.4) is 0 Å². The average Bonchev–Trinajstić information content (AvgIpc) is 2.39. The van der Waals surface area contributed by atoms with Crippen molar-refractivity contribution in [3.05, 3.63) is 47.6 Å². The van der Waals surface area contributed by atoms with E-state index in [9.17, 15) is 5.21 Å². The van der Waals surface area contributed by atoms with E-state index in [1.165, 1.54) is 0 Å². The molecule has 0 aromatic heterocycles. The molecule has 3 heteroatoms. The molecule has 0 N–H and O–H groups in total. The van der Waals surface area contributed by atoms with E-state index in [0.717, 1.165) is 11.1 Å². The molecule has 1 aliphatic heterocycles. The Morgan fingerprint density at radius 3 is 3.14 bits per heavy atom. The Morgan fingerprint density at radius 1 is 1.29 bits per heavy atom. The van der Waals surface area contributed by atoms with Gasteiger partial charge in [-0.05, 0) is 11.6 Å². The molecule has 0 saturated carbocycles. The number of allylic oxidation sites excluding steroid dienone is 2. The third kappa shape index (κ3) is 0.937. The van der Waals surface area contributed by atoms with Crippen molar-refractivity contribution in [2.24, 2.45) is 0 Å². The molecule has 0 saturated heterocycles. The molecule has 3 rings (SSSR count). The maximum atomic E-state index is 11.4. The van der Waals surface area contributed by atoms with Gasteiger partial charge >= 0.3 is 0 Å². The Kier molecular flexibility index (Phi) is 1.50. The maximum absolute atomic E-state index is 11.4. The van der Waals surface area contributed by atoms with Crippen LogP contribution in [0.5, 0.6) is 5.75 Å². The van der Waals surface area contributed by atoms with Crippen molar-refractivity contribution in [3.63, 3.8) is 0 Å². The molecule has 1 aliphatic carbocycles. The predicted molar refractivity (Wildman–Crippen MR) is 50.5 cm³/mol. The lowest BCUT2D eigenvalue weighted by Crippen LogP contribution is -2.18. The molecule has 0 amide bonds. The third-order valence-corrected chi connectivity index (χ3v) is 2.49. The van der Waals surface area contributed by atoms with Gasteiger partial charge in [-0.15, -0.1) is 0 Å². The van der Waals surface area contributed by atoms with Gasteiger partial charge in [-0.2, -0.15) is 0 Å². The van der Waals surface area contributed by atoms with Crippen LogP contribution in [0, 0.1) is 0 Å². The highest BCUT2D eigenvalue weighted by Crippen LogP contribution is 2.40. The summed E-state index contributed by atoms with van der Waals surface area (Å²) in [6.07, 6.45) is 7.62. The van der Waals surface area contributed by atoms with Crippen molar-refractivity contribution < 1.29 is 10.0 Å². The van der Waals surface area contributed by atoms with Gasteiger partial charge in [-0.3, -0.25) is 0 Å². The van der Waals surface area contributed by atoms with Gasteiger partial charge in [-0.25, -0.2) is 0 Å². The predicted octanol–water partition coefficient (Wildman–Crippen LogP) is 2.27. The molecule has 1 atom stereocenters. The van der Waals surface area contributed by atoms with Crippen LogP contribution in [-0.2, 0) is 5.21 Å².